The SMILES string of the molecule is O=C(NCC1CCCO1)c1cn(Cc2ccccc2)nc1-c1cccnc1. The number of benzene rings is 1. The van der Waals surface area contributed by atoms with Gasteiger partial charge in [0.15, 0.2) is 0 Å². The fourth-order valence-corrected chi connectivity index (χ4v) is 3.26. The van der Waals surface area contributed by atoms with Gasteiger partial charge >= 0.3 is 0 Å². The van der Waals surface area contributed by atoms with Crippen LogP contribution in [0.15, 0.2) is 61.1 Å². The van der Waals surface area contributed by atoms with Crippen molar-refractivity contribution in [3.63, 3.8) is 0 Å². The van der Waals surface area contributed by atoms with Crippen molar-refractivity contribution in [2.75, 3.05) is 13.2 Å². The number of pyridine rings is 1. The lowest BCUT2D eigenvalue weighted by molar-refractivity contribution is 0.0858. The predicted molar refractivity (Wildman–Crippen MR) is 102 cm³/mol. The molecular weight excluding hydrogens is 340 g/mol. The van der Waals surface area contributed by atoms with Gasteiger partial charge in [-0.2, -0.15) is 5.10 Å². The number of carbonyl (C=O) groups excluding carboxylic acids is 1. The summed E-state index contributed by atoms with van der Waals surface area (Å²) >= 11 is 0. The van der Waals surface area contributed by atoms with Crippen LogP contribution in [0.2, 0.25) is 0 Å². The quantitative estimate of drug-likeness (QED) is 0.732. The number of nitrogens with one attached hydrogen (secondary N) is 1. The molecule has 1 N–H and O–H groups in total. The van der Waals surface area contributed by atoms with Gasteiger partial charge in [-0.05, 0) is 30.5 Å². The maximum atomic E-state index is 12.8. The number of carbonyl (C=O) groups is 1. The van der Waals surface area contributed by atoms with E-state index < -0.39 is 0 Å². The average Bonchev–Trinajstić information content (AvgIpc) is 3.38. The lowest BCUT2D eigenvalue weighted by Gasteiger charge is -2.10. The molecule has 1 amide bonds. The highest BCUT2D eigenvalue weighted by Crippen LogP contribution is 2.22. The third-order valence-corrected chi connectivity index (χ3v) is 4.64. The van der Waals surface area contributed by atoms with E-state index in [1.165, 1.54) is 0 Å². The minimum atomic E-state index is -0.135. The van der Waals surface area contributed by atoms with E-state index in [0.717, 1.165) is 30.6 Å². The summed E-state index contributed by atoms with van der Waals surface area (Å²) in [6.45, 7) is 1.90. The van der Waals surface area contributed by atoms with Crippen LogP contribution in [0.4, 0.5) is 0 Å². The minimum Gasteiger partial charge on any atom is -0.376 e. The molecule has 1 aromatic carbocycles. The fourth-order valence-electron chi connectivity index (χ4n) is 3.26. The van der Waals surface area contributed by atoms with Gasteiger partial charge in [0, 0.05) is 37.3 Å². The summed E-state index contributed by atoms with van der Waals surface area (Å²) in [6.07, 6.45) is 7.39. The van der Waals surface area contributed by atoms with Crippen LogP contribution in [0.3, 0.4) is 0 Å². The number of ether oxygens (including phenoxy) is 1. The van der Waals surface area contributed by atoms with Crippen LogP contribution in [0, 0.1) is 0 Å². The normalized spacial score (nSPS) is 16.4. The van der Waals surface area contributed by atoms with Crippen LogP contribution in [0.1, 0.15) is 28.8 Å². The Balaban J connectivity index is 1.58. The highest BCUT2D eigenvalue weighted by atomic mass is 16.5. The maximum Gasteiger partial charge on any atom is 0.255 e. The number of hydrogen-bond acceptors (Lipinski definition) is 4. The van der Waals surface area contributed by atoms with Crippen LogP contribution < -0.4 is 5.32 Å². The fraction of sp³-hybridized carbons (Fsp3) is 0.286. The molecule has 138 valence electrons. The zero-order valence-corrected chi connectivity index (χ0v) is 15.0. The van der Waals surface area contributed by atoms with Crippen molar-refractivity contribution in [2.45, 2.75) is 25.5 Å². The van der Waals surface area contributed by atoms with Gasteiger partial charge in [-0.25, -0.2) is 0 Å². The van der Waals surface area contributed by atoms with Gasteiger partial charge in [-0.15, -0.1) is 0 Å². The Bertz CT molecular complexity index is 887. The van der Waals surface area contributed by atoms with E-state index in [1.807, 2.05) is 42.5 Å². The molecule has 0 spiro atoms. The van der Waals surface area contributed by atoms with Gasteiger partial charge in [0.1, 0.15) is 5.69 Å². The van der Waals surface area contributed by atoms with Gasteiger partial charge in [0.2, 0.25) is 0 Å². The highest BCUT2D eigenvalue weighted by Gasteiger charge is 2.21. The molecule has 0 aliphatic carbocycles. The van der Waals surface area contributed by atoms with Gasteiger partial charge in [-0.1, -0.05) is 30.3 Å². The summed E-state index contributed by atoms with van der Waals surface area (Å²) in [5, 5.41) is 7.65. The first-order valence-electron chi connectivity index (χ1n) is 9.21. The molecule has 2 aromatic heterocycles. The molecule has 0 bridgehead atoms. The number of nitrogens with zero attached hydrogens (tertiary/aromatic N) is 3. The molecule has 1 fully saturated rings. The molecule has 1 aliphatic heterocycles. The molecule has 1 atom stereocenters. The van der Waals surface area contributed by atoms with Crippen molar-refractivity contribution in [3.05, 3.63) is 72.2 Å². The Labute approximate surface area is 158 Å². The molecule has 0 saturated carbocycles. The topological polar surface area (TPSA) is 69.0 Å². The molecule has 6 nitrogen and oxygen atoms in total. The molecule has 3 aromatic rings. The monoisotopic (exact) mass is 362 g/mol. The number of rotatable bonds is 6. The van der Waals surface area contributed by atoms with E-state index in [4.69, 9.17) is 4.74 Å². The lowest BCUT2D eigenvalue weighted by atomic mass is 10.1. The van der Waals surface area contributed by atoms with E-state index in [1.54, 1.807) is 23.3 Å². The van der Waals surface area contributed by atoms with Crippen LogP contribution in [0.25, 0.3) is 11.3 Å². The molecule has 3 heterocycles. The van der Waals surface area contributed by atoms with Crippen molar-refractivity contribution in [2.24, 2.45) is 0 Å². The standard InChI is InChI=1S/C21H22N4O2/c26-21(23-13-18-9-5-11-27-18)19-15-25(14-16-6-2-1-3-7-16)24-20(19)17-8-4-10-22-12-17/h1-4,6-8,10,12,15,18H,5,9,11,13-14H2,(H,23,26). The Morgan fingerprint density at radius 2 is 2.11 bits per heavy atom. The zero-order valence-electron chi connectivity index (χ0n) is 15.0. The summed E-state index contributed by atoms with van der Waals surface area (Å²) in [7, 11) is 0. The largest absolute Gasteiger partial charge is 0.376 e. The van der Waals surface area contributed by atoms with Crippen LogP contribution in [-0.4, -0.2) is 39.9 Å². The van der Waals surface area contributed by atoms with Gasteiger partial charge < -0.3 is 10.1 Å². The second-order valence-electron chi connectivity index (χ2n) is 6.66. The molecule has 1 aliphatic rings. The number of amides is 1. The van der Waals surface area contributed by atoms with Crippen LogP contribution >= 0.6 is 0 Å². The van der Waals surface area contributed by atoms with E-state index in [0.29, 0.717) is 24.3 Å². The molecular formula is C21H22N4O2. The first-order chi connectivity index (χ1) is 13.3. The van der Waals surface area contributed by atoms with E-state index >= 15 is 0 Å². The zero-order chi connectivity index (χ0) is 18.5. The maximum absolute atomic E-state index is 12.8. The van der Waals surface area contributed by atoms with E-state index in [2.05, 4.69) is 15.4 Å². The van der Waals surface area contributed by atoms with Crippen molar-refractivity contribution in [1.29, 1.82) is 0 Å². The lowest BCUT2D eigenvalue weighted by Crippen LogP contribution is -2.31. The van der Waals surface area contributed by atoms with Crippen LogP contribution in [0.5, 0.6) is 0 Å². The molecule has 6 heteroatoms. The molecule has 1 unspecified atom stereocenters. The second-order valence-corrected chi connectivity index (χ2v) is 6.66. The summed E-state index contributed by atoms with van der Waals surface area (Å²) in [4.78, 5) is 17.0. The first kappa shape index (κ1) is 17.4. The van der Waals surface area contributed by atoms with Crippen molar-refractivity contribution in [1.82, 2.24) is 20.1 Å². The van der Waals surface area contributed by atoms with Crippen molar-refractivity contribution < 1.29 is 9.53 Å². The van der Waals surface area contributed by atoms with Gasteiger partial charge in [0.25, 0.3) is 5.91 Å². The van der Waals surface area contributed by atoms with Crippen LogP contribution in [-0.2, 0) is 11.3 Å². The van der Waals surface area contributed by atoms with Crippen molar-refractivity contribution >= 4 is 5.91 Å². The third kappa shape index (κ3) is 4.23. The summed E-state index contributed by atoms with van der Waals surface area (Å²) in [6, 6.07) is 13.8. The predicted octanol–water partition coefficient (Wildman–Crippen LogP) is 2.90. The first-order valence-corrected chi connectivity index (χ1v) is 9.21. The smallest absolute Gasteiger partial charge is 0.255 e. The summed E-state index contributed by atoms with van der Waals surface area (Å²) in [5.74, 6) is -0.135. The van der Waals surface area contributed by atoms with Crippen molar-refractivity contribution in [3.8, 4) is 11.3 Å². The van der Waals surface area contributed by atoms with Gasteiger partial charge in [-0.3, -0.25) is 14.5 Å². The average molecular weight is 362 g/mol. The Morgan fingerprint density at radius 3 is 2.85 bits per heavy atom. The Kier molecular flexibility index (Phi) is 5.25. The van der Waals surface area contributed by atoms with E-state index in [-0.39, 0.29) is 12.0 Å². The molecule has 1 saturated heterocycles. The minimum absolute atomic E-state index is 0.107. The van der Waals surface area contributed by atoms with Gasteiger partial charge in [0.05, 0.1) is 18.2 Å². The summed E-state index contributed by atoms with van der Waals surface area (Å²) < 4.78 is 7.40. The number of aromatic nitrogens is 3. The molecule has 0 radical (unpaired) electrons. The molecule has 27 heavy (non-hydrogen) atoms. The van der Waals surface area contributed by atoms with E-state index in [9.17, 15) is 4.79 Å². The highest BCUT2D eigenvalue weighted by molar-refractivity contribution is 5.99. The third-order valence-electron chi connectivity index (χ3n) is 4.64. The summed E-state index contributed by atoms with van der Waals surface area (Å²) in [5.41, 5.74) is 3.15. The second kappa shape index (κ2) is 8.14. The Hall–Kier alpha value is -2.99. The Morgan fingerprint density at radius 1 is 1.22 bits per heavy atom. The number of hydrogen-bond donors (Lipinski definition) is 1. The molecule has 4 rings (SSSR count).